The van der Waals surface area contributed by atoms with Gasteiger partial charge in [-0.05, 0) is 88.5 Å². The van der Waals surface area contributed by atoms with Crippen LogP contribution in [-0.2, 0) is 9.07 Å². The minimum Gasteiger partial charge on any atom is -0.453 e. The molecule has 46 heavy (non-hydrogen) atoms. The average molecular weight is 610 g/mol. The first-order valence-corrected chi connectivity index (χ1v) is 17.5. The van der Waals surface area contributed by atoms with E-state index in [4.69, 9.17) is 4.74 Å². The second kappa shape index (κ2) is 8.94. The first-order valence-electron chi connectivity index (χ1n) is 15.5. The van der Waals surface area contributed by atoms with E-state index in [1.807, 2.05) is 66.7 Å². The molecule has 0 fully saturated rings. The maximum Gasteiger partial charge on any atom is 0.151 e. The zero-order valence-corrected chi connectivity index (χ0v) is 25.6. The molecule has 0 atom stereocenters. The molecule has 3 nitrogen and oxygen atoms in total. The summed E-state index contributed by atoms with van der Waals surface area (Å²) < 4.78 is 23.0. The van der Waals surface area contributed by atoms with E-state index < -0.39 is 9.07 Å². The summed E-state index contributed by atoms with van der Waals surface area (Å²) in [4.78, 5) is 5.88. The minimum absolute atomic E-state index is 0.817. The van der Waals surface area contributed by atoms with E-state index in [-0.39, 0.29) is 0 Å². The Morgan fingerprint density at radius 1 is 0.391 bits per heavy atom. The molecule has 1 spiro atoms. The van der Waals surface area contributed by atoms with Crippen molar-refractivity contribution in [2.45, 2.75) is 19.6 Å². The van der Waals surface area contributed by atoms with Crippen LogP contribution in [-0.4, -0.2) is 4.21 Å². The van der Waals surface area contributed by atoms with Gasteiger partial charge in [-0.15, -0.1) is 0 Å². The summed E-state index contributed by atoms with van der Waals surface area (Å²) in [5.41, 5.74) is 9.33. The van der Waals surface area contributed by atoms with Crippen molar-refractivity contribution >= 4 is 26.1 Å². The Hall–Kier alpha value is -5.71. The smallest absolute Gasteiger partial charge is 0.151 e. The third kappa shape index (κ3) is 3.00. The van der Waals surface area contributed by atoms with E-state index >= 15 is 4.21 Å². The van der Waals surface area contributed by atoms with Crippen LogP contribution in [0.1, 0.15) is 0 Å². The van der Waals surface area contributed by atoms with Gasteiger partial charge in [0.15, 0.2) is 11.5 Å². The van der Waals surface area contributed by atoms with Gasteiger partial charge in [0.05, 0.1) is 17.1 Å². The van der Waals surface area contributed by atoms with Gasteiger partial charge in [0, 0.05) is 34.2 Å². The molecule has 3 aliphatic heterocycles. The van der Waals surface area contributed by atoms with Crippen LogP contribution in [0.25, 0.3) is 33.4 Å². The van der Waals surface area contributed by atoms with Crippen LogP contribution in [0.4, 0.5) is 17.1 Å². The number of benzene rings is 7. The summed E-state index contributed by atoms with van der Waals surface area (Å²) in [7, 11) is -3.86. The van der Waals surface area contributed by atoms with Gasteiger partial charge in [-0.2, -0.15) is 0 Å². The molecule has 0 saturated carbocycles. The van der Waals surface area contributed by atoms with Crippen molar-refractivity contribution < 1.29 is 8.95 Å². The Labute approximate surface area is 267 Å². The molecule has 3 aliphatic rings. The van der Waals surface area contributed by atoms with Crippen LogP contribution in [0.15, 0.2) is 183 Å². The fourth-order valence-corrected chi connectivity index (χ4v) is 13.1. The van der Waals surface area contributed by atoms with E-state index in [9.17, 15) is 0 Å². The summed E-state index contributed by atoms with van der Waals surface area (Å²) in [5, 5.41) is 0. The van der Waals surface area contributed by atoms with E-state index in [0.717, 1.165) is 81.5 Å². The second-order valence-electron chi connectivity index (χ2n) is 12.0. The fraction of sp³-hybridized carbons (Fsp3) is 0. The lowest BCUT2D eigenvalue weighted by atomic mass is 9.97. The van der Waals surface area contributed by atoms with Crippen LogP contribution >= 0.6 is 0 Å². The van der Waals surface area contributed by atoms with E-state index in [1.54, 1.807) is 0 Å². The summed E-state index contributed by atoms with van der Waals surface area (Å²) >= 11 is 0. The molecule has 3 heterocycles. The zero-order chi connectivity index (χ0) is 30.5. The Bertz CT molecular complexity index is 2400. The van der Waals surface area contributed by atoms with Gasteiger partial charge in [-0.3, -0.25) is 4.21 Å². The Kier molecular flexibility index (Phi) is 4.97. The highest BCUT2D eigenvalue weighted by atomic mass is 32.3. The molecule has 218 valence electrons. The predicted molar refractivity (Wildman–Crippen MR) is 185 cm³/mol. The Morgan fingerprint density at radius 2 is 0.804 bits per heavy atom. The molecule has 0 radical (unpaired) electrons. The van der Waals surface area contributed by atoms with Gasteiger partial charge in [-0.25, -0.2) is 0 Å². The molecule has 7 aromatic carbocycles. The SMILES string of the molecule is O=S12(c3ccccc3-c3ccccc31)c1ccccc1-c1cc(-c3ccccc3N3c4ccccc4Oc4ccccc43)ccc12. The molecule has 7 aromatic rings. The van der Waals surface area contributed by atoms with Gasteiger partial charge in [0.25, 0.3) is 0 Å². The lowest BCUT2D eigenvalue weighted by molar-refractivity contribution is 0.477. The summed E-state index contributed by atoms with van der Waals surface area (Å²) in [6.45, 7) is 0. The number of ether oxygens (including phenoxy) is 1. The van der Waals surface area contributed by atoms with Gasteiger partial charge < -0.3 is 9.64 Å². The number of rotatable bonds is 2. The minimum atomic E-state index is -3.86. The van der Waals surface area contributed by atoms with Crippen molar-refractivity contribution in [3.8, 4) is 44.9 Å². The first-order chi connectivity index (χ1) is 22.7. The number of hydrogen-bond acceptors (Lipinski definition) is 3. The third-order valence-electron chi connectivity index (χ3n) is 9.79. The number of hydrogen-bond donors (Lipinski definition) is 0. The number of anilines is 3. The molecule has 0 N–H and O–H groups in total. The van der Waals surface area contributed by atoms with Gasteiger partial charge >= 0.3 is 0 Å². The second-order valence-corrected chi connectivity index (χ2v) is 15.7. The van der Waals surface area contributed by atoms with Crippen molar-refractivity contribution in [3.63, 3.8) is 0 Å². The highest BCUT2D eigenvalue weighted by Gasteiger charge is 2.57. The lowest BCUT2D eigenvalue weighted by Gasteiger charge is -2.38. The molecule has 0 aliphatic carbocycles. The molecule has 4 heteroatoms. The van der Waals surface area contributed by atoms with Crippen molar-refractivity contribution in [3.05, 3.63) is 164 Å². The van der Waals surface area contributed by atoms with Gasteiger partial charge in [0.2, 0.25) is 0 Å². The molecule has 0 saturated heterocycles. The molecular formula is C42H27NO2S. The topological polar surface area (TPSA) is 29.5 Å². The number of fused-ring (bicyclic) bond motifs is 12. The fourth-order valence-electron chi connectivity index (χ4n) is 7.92. The Morgan fingerprint density at radius 3 is 1.37 bits per heavy atom. The third-order valence-corrected chi connectivity index (χ3v) is 14.6. The van der Waals surface area contributed by atoms with Gasteiger partial charge in [0.1, 0.15) is 0 Å². The maximum atomic E-state index is 16.7. The van der Waals surface area contributed by atoms with Crippen molar-refractivity contribution in [2.24, 2.45) is 0 Å². The van der Waals surface area contributed by atoms with E-state index in [2.05, 4.69) is 102 Å². The van der Waals surface area contributed by atoms with Crippen LogP contribution in [0.2, 0.25) is 0 Å². The monoisotopic (exact) mass is 609 g/mol. The normalized spacial score (nSPS) is 16.1. The molecule has 0 bridgehead atoms. The quantitative estimate of drug-likeness (QED) is 0.195. The standard InChI is InChI=1S/C42H27NO2S/c44-46(39-22-10-2-14-30(39)31-15-3-11-23-40(31)46)41-24-12-4-16-32(41)33-27-28(25-26-42(33)46)29-13-1-5-17-34(29)43-35-18-6-8-20-37(35)45-38-21-9-7-19-36(38)43/h1-27H. The summed E-state index contributed by atoms with van der Waals surface area (Å²) in [6, 6.07) is 56.2. The van der Waals surface area contributed by atoms with Crippen LogP contribution in [0.5, 0.6) is 11.5 Å². The van der Waals surface area contributed by atoms with Crippen molar-refractivity contribution in [1.29, 1.82) is 0 Å². The van der Waals surface area contributed by atoms with Crippen LogP contribution in [0.3, 0.4) is 0 Å². The highest BCUT2D eigenvalue weighted by Crippen LogP contribution is 2.71. The predicted octanol–water partition coefficient (Wildman–Crippen LogP) is 11.2. The van der Waals surface area contributed by atoms with Crippen LogP contribution < -0.4 is 9.64 Å². The van der Waals surface area contributed by atoms with Crippen molar-refractivity contribution in [2.75, 3.05) is 4.90 Å². The molecule has 0 aromatic heterocycles. The highest BCUT2D eigenvalue weighted by molar-refractivity contribution is 8.21. The van der Waals surface area contributed by atoms with E-state index in [1.165, 1.54) is 0 Å². The first kappa shape index (κ1) is 25.6. The number of para-hydroxylation sites is 5. The maximum absolute atomic E-state index is 16.7. The summed E-state index contributed by atoms with van der Waals surface area (Å²) in [5.74, 6) is 1.63. The molecule has 0 amide bonds. The lowest BCUT2D eigenvalue weighted by Crippen LogP contribution is -2.29. The van der Waals surface area contributed by atoms with Crippen LogP contribution in [0, 0.1) is 0 Å². The summed E-state index contributed by atoms with van der Waals surface area (Å²) in [6.07, 6.45) is 0. The van der Waals surface area contributed by atoms with Gasteiger partial charge in [-0.1, -0.05) is 103 Å². The molecule has 10 rings (SSSR count). The van der Waals surface area contributed by atoms with Crippen molar-refractivity contribution in [1.82, 2.24) is 0 Å². The number of nitrogens with zero attached hydrogens (tertiary/aromatic N) is 1. The molecular weight excluding hydrogens is 583 g/mol. The Balaban J connectivity index is 1.24. The largest absolute Gasteiger partial charge is 0.453 e. The van der Waals surface area contributed by atoms with E-state index in [0.29, 0.717) is 0 Å². The average Bonchev–Trinajstić information content (AvgIpc) is 3.51. The molecule has 0 unspecified atom stereocenters. The zero-order valence-electron chi connectivity index (χ0n) is 24.8.